The molecule has 0 saturated heterocycles. The SMILES string of the molecule is CCCCCCCC1(CCCCCCC)c2ccccc2-c2c1c1c(c3c2oc2ccccc23)-c2ccc(N(c3ccc4c(c3)C(c3ccccc3)(c3ccccc3)c3cc5c(cc3-4)C(c3ccccc3)(c3ccccc3)c3ccc4oc6ccccc6c4c3-5)c3cccc4c3-c3ccccc3C4(C)C)cc2C1(CCCCCCC)CCCCCCC. The average Bonchev–Trinajstić information content (AvgIpc) is 1.49. The van der Waals surface area contributed by atoms with Gasteiger partial charge >= 0.3 is 0 Å². The lowest BCUT2D eigenvalue weighted by atomic mass is 9.62. The fraction of sp³-hybridized carbons (Fsp3) is 0.294. The van der Waals surface area contributed by atoms with Crippen molar-refractivity contribution in [2.24, 2.45) is 0 Å². The predicted molar refractivity (Wildman–Crippen MR) is 514 cm³/mol. The van der Waals surface area contributed by atoms with E-state index in [1.165, 1.54) is 255 Å². The van der Waals surface area contributed by atoms with Gasteiger partial charge in [0.1, 0.15) is 22.3 Å². The second kappa shape index (κ2) is 31.7. The number of unbranched alkanes of at least 4 members (excludes halogenated alkanes) is 16. The third-order valence-corrected chi connectivity index (χ3v) is 30.2. The van der Waals surface area contributed by atoms with Gasteiger partial charge in [0.15, 0.2) is 0 Å². The van der Waals surface area contributed by atoms with E-state index in [9.17, 15) is 0 Å². The van der Waals surface area contributed by atoms with Gasteiger partial charge < -0.3 is 13.7 Å². The van der Waals surface area contributed by atoms with Crippen LogP contribution in [0.2, 0.25) is 0 Å². The first-order valence-corrected chi connectivity index (χ1v) is 47.0. The fourth-order valence-corrected chi connectivity index (χ4v) is 24.8. The van der Waals surface area contributed by atoms with E-state index < -0.39 is 10.8 Å². The molecule has 16 aromatic rings. The Morgan fingerprint density at radius 1 is 0.254 bits per heavy atom. The van der Waals surface area contributed by atoms with E-state index in [1.54, 1.807) is 16.7 Å². The summed E-state index contributed by atoms with van der Waals surface area (Å²) in [7, 11) is 0. The molecule has 0 bridgehead atoms. The Morgan fingerprint density at radius 3 is 1.22 bits per heavy atom. The number of fused-ring (bicyclic) bond motifs is 25. The van der Waals surface area contributed by atoms with E-state index >= 15 is 0 Å². The topological polar surface area (TPSA) is 29.5 Å². The van der Waals surface area contributed by atoms with E-state index in [2.05, 4.69) is 344 Å². The molecule has 0 N–H and O–H groups in total. The second-order valence-electron chi connectivity index (χ2n) is 37.2. The Kier molecular flexibility index (Phi) is 20.2. The van der Waals surface area contributed by atoms with Gasteiger partial charge in [-0.25, -0.2) is 0 Å². The lowest BCUT2D eigenvalue weighted by Gasteiger charge is -2.40. The molecule has 0 amide bonds. The van der Waals surface area contributed by atoms with Crippen LogP contribution in [-0.4, -0.2) is 0 Å². The van der Waals surface area contributed by atoms with Gasteiger partial charge in [0.05, 0.1) is 16.5 Å². The third kappa shape index (κ3) is 11.8. The van der Waals surface area contributed by atoms with E-state index in [-0.39, 0.29) is 16.2 Å². The number of furan rings is 2. The molecule has 3 nitrogen and oxygen atoms in total. The van der Waals surface area contributed by atoms with E-state index in [0.717, 1.165) is 77.3 Å². The molecular formula is C119H115NO2. The van der Waals surface area contributed by atoms with Crippen molar-refractivity contribution in [3.8, 4) is 55.6 Å². The molecule has 122 heavy (non-hydrogen) atoms. The van der Waals surface area contributed by atoms with Crippen LogP contribution in [0.5, 0.6) is 0 Å². The fourth-order valence-electron chi connectivity index (χ4n) is 24.8. The van der Waals surface area contributed by atoms with Gasteiger partial charge in [-0.05, 0) is 209 Å². The molecule has 5 aliphatic carbocycles. The number of para-hydroxylation sites is 2. The van der Waals surface area contributed by atoms with Crippen LogP contribution < -0.4 is 4.90 Å². The maximum Gasteiger partial charge on any atom is 0.144 e. The van der Waals surface area contributed by atoms with E-state index in [1.807, 2.05) is 0 Å². The quantitative estimate of drug-likeness (QED) is 0.0406. The molecule has 0 saturated carbocycles. The van der Waals surface area contributed by atoms with E-state index in [4.69, 9.17) is 8.83 Å². The van der Waals surface area contributed by atoms with Gasteiger partial charge in [-0.2, -0.15) is 0 Å². The van der Waals surface area contributed by atoms with Crippen LogP contribution in [0.25, 0.3) is 99.5 Å². The summed E-state index contributed by atoms with van der Waals surface area (Å²) in [6.45, 7) is 14.4. The molecule has 0 aliphatic heterocycles. The van der Waals surface area contributed by atoms with Crippen LogP contribution >= 0.6 is 0 Å². The molecule has 2 heterocycles. The first kappa shape index (κ1) is 77.8. The molecule has 0 spiro atoms. The molecule has 5 aliphatic rings. The van der Waals surface area contributed by atoms with Crippen LogP contribution in [0, 0.1) is 0 Å². The van der Waals surface area contributed by atoms with E-state index in [0.29, 0.717) is 0 Å². The summed E-state index contributed by atoms with van der Waals surface area (Å²) in [6, 6.07) is 116. The molecule has 0 atom stereocenters. The van der Waals surface area contributed by atoms with Crippen molar-refractivity contribution in [3.05, 3.63) is 375 Å². The van der Waals surface area contributed by atoms with Crippen LogP contribution in [0.15, 0.2) is 306 Å². The summed E-state index contributed by atoms with van der Waals surface area (Å²) in [5, 5.41) is 4.84. The van der Waals surface area contributed by atoms with Gasteiger partial charge in [0.2, 0.25) is 0 Å². The van der Waals surface area contributed by atoms with Crippen LogP contribution in [0.3, 0.4) is 0 Å². The number of nitrogens with zero attached hydrogens (tertiary/aromatic N) is 1. The molecule has 3 heteroatoms. The van der Waals surface area contributed by atoms with Crippen molar-refractivity contribution in [2.75, 3.05) is 4.90 Å². The normalized spacial score (nSPS) is 15.1. The Balaban J connectivity index is 0.862. The van der Waals surface area contributed by atoms with Gasteiger partial charge in [-0.3, -0.25) is 0 Å². The second-order valence-corrected chi connectivity index (χ2v) is 37.2. The zero-order valence-electron chi connectivity index (χ0n) is 72.5. The molecule has 2 aromatic heterocycles. The molecule has 0 radical (unpaired) electrons. The zero-order chi connectivity index (χ0) is 82.3. The van der Waals surface area contributed by atoms with Gasteiger partial charge in [0, 0.05) is 60.3 Å². The largest absolute Gasteiger partial charge is 0.456 e. The number of rotatable bonds is 31. The summed E-state index contributed by atoms with van der Waals surface area (Å²) in [4.78, 5) is 2.77. The highest BCUT2D eigenvalue weighted by Crippen LogP contribution is 2.70. The highest BCUT2D eigenvalue weighted by atomic mass is 16.3. The molecule has 14 aromatic carbocycles. The van der Waals surface area contributed by atoms with Crippen LogP contribution in [-0.2, 0) is 27.1 Å². The molecule has 608 valence electrons. The zero-order valence-corrected chi connectivity index (χ0v) is 72.5. The van der Waals surface area contributed by atoms with Crippen LogP contribution in [0.1, 0.15) is 274 Å². The minimum atomic E-state index is -0.812. The highest BCUT2D eigenvalue weighted by Gasteiger charge is 2.56. The summed E-state index contributed by atoms with van der Waals surface area (Å²) < 4.78 is 14.7. The van der Waals surface area contributed by atoms with Crippen molar-refractivity contribution in [1.82, 2.24) is 0 Å². The lowest BCUT2D eigenvalue weighted by Crippen LogP contribution is -2.33. The maximum atomic E-state index is 7.73. The minimum absolute atomic E-state index is 0.209. The number of hydrogen-bond donors (Lipinski definition) is 0. The Morgan fingerprint density at radius 2 is 0.664 bits per heavy atom. The van der Waals surface area contributed by atoms with Gasteiger partial charge in [-0.15, -0.1) is 0 Å². The predicted octanol–water partition coefficient (Wildman–Crippen LogP) is 34.0. The highest BCUT2D eigenvalue weighted by molar-refractivity contribution is 6.21. The summed E-state index contributed by atoms with van der Waals surface area (Å²) in [5.41, 5.74) is 37.4. The minimum Gasteiger partial charge on any atom is -0.456 e. The van der Waals surface area contributed by atoms with Crippen molar-refractivity contribution in [2.45, 2.75) is 223 Å². The van der Waals surface area contributed by atoms with Crippen LogP contribution in [0.4, 0.5) is 17.1 Å². The summed E-state index contributed by atoms with van der Waals surface area (Å²) in [6.07, 6.45) is 29.2. The van der Waals surface area contributed by atoms with Crippen molar-refractivity contribution >= 4 is 60.9 Å². The van der Waals surface area contributed by atoms with Crippen molar-refractivity contribution in [3.63, 3.8) is 0 Å². The summed E-state index contributed by atoms with van der Waals surface area (Å²) in [5.74, 6) is 0. The number of hydrogen-bond acceptors (Lipinski definition) is 3. The lowest BCUT2D eigenvalue weighted by molar-refractivity contribution is 0.369. The molecular weight excluding hydrogens is 1480 g/mol. The molecule has 21 rings (SSSR count). The first-order valence-electron chi connectivity index (χ1n) is 47.0. The Labute approximate surface area is 723 Å². The number of anilines is 3. The maximum absolute atomic E-state index is 7.73. The third-order valence-electron chi connectivity index (χ3n) is 30.2. The van der Waals surface area contributed by atoms with Crippen molar-refractivity contribution < 1.29 is 8.83 Å². The number of benzene rings is 14. The average molecular weight is 1590 g/mol. The van der Waals surface area contributed by atoms with Gasteiger partial charge in [0.25, 0.3) is 0 Å². The van der Waals surface area contributed by atoms with Crippen molar-refractivity contribution in [1.29, 1.82) is 0 Å². The Bertz CT molecular complexity index is 6520. The monoisotopic (exact) mass is 1590 g/mol. The van der Waals surface area contributed by atoms with Gasteiger partial charge in [-0.1, -0.05) is 407 Å². The first-order chi connectivity index (χ1) is 60.1. The molecule has 0 unspecified atom stereocenters. The molecule has 0 fully saturated rings. The standard InChI is InChI=1S/C119H115NO2/c1-7-11-15-19-43-72-116(73-44-20-16-12-8-2)95-61-40-36-57-88(95)111-113(116)112-109(110-91-59-38-42-65-104(91)122-114(110)111)89-69-67-84(76-98(89)117(112,74-45-21-17-13-9-3)75-46-22-18-14-10-4)120(102-63-47-62-96-106(102)87-56-35-39-60-94(87)115(96,5)6)85-66-68-86-92-78-101-93(79-100(92)119(99(86)77-85,82-52-31-25-32-53-82)83-54-33-26-34-55-83)107-97(70-71-105-108(107)90-58-37-41-64-103(90)121-105)118(101,80-48-27-23-28-49-80)81-50-29-24-30-51-81/h23-42,47-71,76-79H,7-22,43-46,72-75H2,1-6H3. The summed E-state index contributed by atoms with van der Waals surface area (Å²) >= 11 is 0. The Hall–Kier alpha value is -11.5. The smallest absolute Gasteiger partial charge is 0.144 e.